The lowest BCUT2D eigenvalue weighted by Crippen LogP contribution is -2.38. The van der Waals surface area contributed by atoms with Gasteiger partial charge in [-0.25, -0.2) is 4.79 Å². The van der Waals surface area contributed by atoms with Crippen LogP contribution >= 0.6 is 0 Å². The summed E-state index contributed by atoms with van der Waals surface area (Å²) in [6.07, 6.45) is 0.866. The number of urea groups is 1. The Hall–Kier alpha value is -2.95. The highest BCUT2D eigenvalue weighted by Gasteiger charge is 2.21. The first-order valence-electron chi connectivity index (χ1n) is 9.02. The number of hydrogen-bond donors (Lipinski definition) is 2. The third-order valence-electron chi connectivity index (χ3n) is 4.79. The molecule has 4 rings (SSSR count). The summed E-state index contributed by atoms with van der Waals surface area (Å²) >= 11 is 0. The van der Waals surface area contributed by atoms with Gasteiger partial charge in [-0.2, -0.15) is 0 Å². The molecule has 1 aliphatic rings. The Morgan fingerprint density at radius 2 is 2.08 bits per heavy atom. The van der Waals surface area contributed by atoms with Crippen LogP contribution in [-0.2, 0) is 13.0 Å². The average molecular weight is 349 g/mol. The van der Waals surface area contributed by atoms with Gasteiger partial charge in [0.25, 0.3) is 0 Å². The second-order valence-corrected chi connectivity index (χ2v) is 6.72. The Morgan fingerprint density at radius 1 is 1.19 bits per heavy atom. The smallest absolute Gasteiger partial charge is 0.322 e. The summed E-state index contributed by atoms with van der Waals surface area (Å²) in [6.45, 7) is 5.97. The average Bonchev–Trinajstić information content (AvgIpc) is 3.00. The van der Waals surface area contributed by atoms with E-state index in [0.717, 1.165) is 46.6 Å². The number of hydrogen-bond acceptors (Lipinski definition) is 2. The van der Waals surface area contributed by atoms with Crippen LogP contribution in [0.1, 0.15) is 23.7 Å². The molecule has 0 saturated carbocycles. The Balaban J connectivity index is 1.48. The zero-order chi connectivity index (χ0) is 18.1. The Morgan fingerprint density at radius 3 is 2.92 bits per heavy atom. The monoisotopic (exact) mass is 349 g/mol. The highest BCUT2D eigenvalue weighted by atomic mass is 16.5. The maximum absolute atomic E-state index is 12.7. The quantitative estimate of drug-likeness (QED) is 0.733. The largest absolute Gasteiger partial charge is 0.494 e. The van der Waals surface area contributed by atoms with Gasteiger partial charge in [0, 0.05) is 35.4 Å². The number of aryl methyl sites for hydroxylation is 1. The maximum atomic E-state index is 12.7. The van der Waals surface area contributed by atoms with Crippen LogP contribution in [0.2, 0.25) is 0 Å². The first kappa shape index (κ1) is 16.5. The molecular weight excluding hydrogens is 326 g/mol. The Kier molecular flexibility index (Phi) is 4.29. The molecule has 0 bridgehead atoms. The van der Waals surface area contributed by atoms with Crippen molar-refractivity contribution in [2.24, 2.45) is 0 Å². The molecule has 5 nitrogen and oxygen atoms in total. The van der Waals surface area contributed by atoms with Gasteiger partial charge in [-0.1, -0.05) is 6.07 Å². The van der Waals surface area contributed by atoms with Gasteiger partial charge in [-0.3, -0.25) is 0 Å². The van der Waals surface area contributed by atoms with Crippen molar-refractivity contribution in [3.8, 4) is 5.75 Å². The number of nitrogens with one attached hydrogen (secondary N) is 2. The first-order chi connectivity index (χ1) is 12.6. The summed E-state index contributed by atoms with van der Waals surface area (Å²) in [5, 5.41) is 4.13. The number of carbonyl (C=O) groups is 1. The van der Waals surface area contributed by atoms with Crippen molar-refractivity contribution in [3.63, 3.8) is 0 Å². The number of carbonyl (C=O) groups excluding carboxylic acids is 1. The van der Waals surface area contributed by atoms with Gasteiger partial charge in [0.05, 0.1) is 6.61 Å². The van der Waals surface area contributed by atoms with Crippen molar-refractivity contribution < 1.29 is 9.53 Å². The van der Waals surface area contributed by atoms with Gasteiger partial charge in [0.1, 0.15) is 5.75 Å². The van der Waals surface area contributed by atoms with Crippen molar-refractivity contribution in [1.82, 2.24) is 9.88 Å². The van der Waals surface area contributed by atoms with E-state index in [0.29, 0.717) is 13.2 Å². The zero-order valence-corrected chi connectivity index (χ0v) is 15.1. The molecule has 0 fully saturated rings. The number of H-pyrrole nitrogens is 1. The highest BCUT2D eigenvalue weighted by molar-refractivity contribution is 5.93. The number of benzene rings is 2. The molecule has 2 heterocycles. The van der Waals surface area contributed by atoms with Gasteiger partial charge >= 0.3 is 6.03 Å². The van der Waals surface area contributed by atoms with E-state index < -0.39 is 0 Å². The van der Waals surface area contributed by atoms with Crippen LogP contribution < -0.4 is 10.1 Å². The number of aromatic amines is 1. The molecule has 3 aromatic rings. The van der Waals surface area contributed by atoms with Crippen molar-refractivity contribution in [2.45, 2.75) is 26.8 Å². The van der Waals surface area contributed by atoms with Crippen LogP contribution in [0, 0.1) is 6.92 Å². The standard InChI is InChI=1S/C21H23N3O2/c1-3-26-19-6-4-15-8-9-24(13-17(15)12-19)21(25)23-18-5-7-20-16(11-18)10-14(2)22-20/h4-7,10-12,22H,3,8-9,13H2,1-2H3,(H,23,25). The van der Waals surface area contributed by atoms with E-state index in [1.54, 1.807) is 0 Å². The molecule has 1 aromatic heterocycles. The third-order valence-corrected chi connectivity index (χ3v) is 4.79. The number of nitrogens with zero attached hydrogens (tertiary/aromatic N) is 1. The lowest BCUT2D eigenvalue weighted by atomic mass is 10.00. The highest BCUT2D eigenvalue weighted by Crippen LogP contribution is 2.25. The number of ether oxygens (including phenoxy) is 1. The second kappa shape index (κ2) is 6.75. The van der Waals surface area contributed by atoms with E-state index in [1.807, 2.05) is 49.1 Å². The Bertz CT molecular complexity index is 961. The fraction of sp³-hybridized carbons (Fsp3) is 0.286. The minimum Gasteiger partial charge on any atom is -0.494 e. The normalized spacial score (nSPS) is 13.5. The second-order valence-electron chi connectivity index (χ2n) is 6.72. The summed E-state index contributed by atoms with van der Waals surface area (Å²) in [5.74, 6) is 0.863. The SMILES string of the molecule is CCOc1ccc2c(c1)CN(C(=O)Nc1ccc3[nH]c(C)cc3c1)CC2. The molecule has 0 unspecified atom stereocenters. The molecule has 2 N–H and O–H groups in total. The van der Waals surface area contributed by atoms with Crippen LogP contribution in [0.5, 0.6) is 5.75 Å². The molecule has 0 spiro atoms. The van der Waals surface area contributed by atoms with E-state index in [2.05, 4.69) is 22.4 Å². The minimum atomic E-state index is -0.0657. The van der Waals surface area contributed by atoms with E-state index in [1.165, 1.54) is 5.56 Å². The predicted molar refractivity (Wildman–Crippen MR) is 104 cm³/mol. The van der Waals surface area contributed by atoms with E-state index in [4.69, 9.17) is 4.74 Å². The van der Waals surface area contributed by atoms with Gasteiger partial charge in [-0.15, -0.1) is 0 Å². The van der Waals surface area contributed by atoms with Crippen LogP contribution in [0.15, 0.2) is 42.5 Å². The van der Waals surface area contributed by atoms with E-state index in [9.17, 15) is 4.79 Å². The minimum absolute atomic E-state index is 0.0657. The fourth-order valence-corrected chi connectivity index (χ4v) is 3.52. The van der Waals surface area contributed by atoms with Crippen LogP contribution in [0.25, 0.3) is 10.9 Å². The van der Waals surface area contributed by atoms with Gasteiger partial charge < -0.3 is 19.9 Å². The van der Waals surface area contributed by atoms with Gasteiger partial charge in [0.2, 0.25) is 0 Å². The molecule has 134 valence electrons. The van der Waals surface area contributed by atoms with Crippen molar-refractivity contribution >= 4 is 22.6 Å². The molecule has 2 amide bonds. The summed E-state index contributed by atoms with van der Waals surface area (Å²) in [4.78, 5) is 17.9. The number of fused-ring (bicyclic) bond motifs is 2. The summed E-state index contributed by atoms with van der Waals surface area (Å²) in [7, 11) is 0. The molecule has 2 aromatic carbocycles. The zero-order valence-electron chi connectivity index (χ0n) is 15.1. The number of anilines is 1. The van der Waals surface area contributed by atoms with Crippen molar-refractivity contribution in [2.75, 3.05) is 18.5 Å². The topological polar surface area (TPSA) is 57.4 Å². The van der Waals surface area contributed by atoms with E-state index >= 15 is 0 Å². The predicted octanol–water partition coefficient (Wildman–Crippen LogP) is 4.47. The van der Waals surface area contributed by atoms with Gasteiger partial charge in [-0.05, 0) is 67.8 Å². The molecule has 0 atom stereocenters. The van der Waals surface area contributed by atoms with Crippen LogP contribution in [0.4, 0.5) is 10.5 Å². The van der Waals surface area contributed by atoms with Gasteiger partial charge in [0.15, 0.2) is 0 Å². The maximum Gasteiger partial charge on any atom is 0.322 e. The molecule has 1 aliphatic heterocycles. The fourth-order valence-electron chi connectivity index (χ4n) is 3.52. The number of amides is 2. The molecule has 5 heteroatoms. The summed E-state index contributed by atoms with van der Waals surface area (Å²) in [5.41, 5.74) is 5.46. The molecule has 0 saturated heterocycles. The molecular formula is C21H23N3O2. The first-order valence-corrected chi connectivity index (χ1v) is 9.02. The summed E-state index contributed by atoms with van der Waals surface area (Å²) < 4.78 is 5.58. The lowest BCUT2D eigenvalue weighted by molar-refractivity contribution is 0.206. The van der Waals surface area contributed by atoms with Crippen LogP contribution in [-0.4, -0.2) is 29.1 Å². The molecule has 26 heavy (non-hydrogen) atoms. The van der Waals surface area contributed by atoms with Crippen molar-refractivity contribution in [3.05, 3.63) is 59.3 Å². The number of aromatic nitrogens is 1. The summed E-state index contributed by atoms with van der Waals surface area (Å²) in [6, 6.07) is 14.1. The van der Waals surface area contributed by atoms with Crippen LogP contribution in [0.3, 0.4) is 0 Å². The van der Waals surface area contributed by atoms with E-state index in [-0.39, 0.29) is 6.03 Å². The Labute approximate surface area is 153 Å². The lowest BCUT2D eigenvalue weighted by Gasteiger charge is -2.29. The van der Waals surface area contributed by atoms with Crippen molar-refractivity contribution in [1.29, 1.82) is 0 Å². The molecule has 0 radical (unpaired) electrons. The molecule has 0 aliphatic carbocycles. The number of rotatable bonds is 3. The third kappa shape index (κ3) is 3.25.